The zero-order valence-electron chi connectivity index (χ0n) is 21.3. The Morgan fingerprint density at radius 1 is 0.781 bits per heavy atom. The molecule has 0 N–H and O–H groups in total. The predicted molar refractivity (Wildman–Crippen MR) is 142 cm³/mol. The van der Waals surface area contributed by atoms with E-state index in [9.17, 15) is 0 Å². The summed E-state index contributed by atoms with van der Waals surface area (Å²) >= 11 is 1.55. The summed E-state index contributed by atoms with van der Waals surface area (Å²) in [6.07, 6.45) is 15.5. The molecule has 0 spiro atoms. The molecule has 184 valence electrons. The summed E-state index contributed by atoms with van der Waals surface area (Å²) in [5.41, 5.74) is 0. The van der Waals surface area contributed by atoms with Gasteiger partial charge in [-0.05, 0) is 64.6 Å². The summed E-state index contributed by atoms with van der Waals surface area (Å²) in [5, 5.41) is 0. The number of rotatable bonds is 8. The molecular weight excluding hydrogens is 559 g/mol. The molecule has 0 amide bonds. The van der Waals surface area contributed by atoms with Gasteiger partial charge >= 0.3 is 41.3 Å². The van der Waals surface area contributed by atoms with Crippen LogP contribution in [0.4, 0.5) is 0 Å². The van der Waals surface area contributed by atoms with Gasteiger partial charge in [-0.3, -0.25) is 0 Å². The summed E-state index contributed by atoms with van der Waals surface area (Å²) in [6.45, 7) is 21.0. The molecule has 0 heterocycles. The molecule has 2 aliphatic carbocycles. The standard InChI is InChI=1S/2C10H17O2Si.C3H6.2ClH.Zr/c2*1-9(12-13(2,3)4)11-10-7-5-6-8-10;1-3-2;;;/h2*5,7,9H,6H2,1-4H3;1-2H3;2*1H;/q2*-1;;;;+2. The molecule has 0 aromatic rings. The van der Waals surface area contributed by atoms with Gasteiger partial charge in [0.1, 0.15) is 0 Å². The van der Waals surface area contributed by atoms with Crippen molar-refractivity contribution in [1.29, 1.82) is 0 Å². The second-order valence-electron chi connectivity index (χ2n) is 9.13. The molecule has 0 bridgehead atoms. The van der Waals surface area contributed by atoms with Crippen molar-refractivity contribution in [3.05, 3.63) is 48.0 Å². The minimum absolute atomic E-state index is 0. The molecule has 2 unspecified atom stereocenters. The molecule has 9 heteroatoms. The van der Waals surface area contributed by atoms with E-state index in [0.29, 0.717) is 0 Å². The Morgan fingerprint density at radius 2 is 1.06 bits per heavy atom. The van der Waals surface area contributed by atoms with E-state index in [1.54, 1.807) is 24.2 Å². The van der Waals surface area contributed by atoms with E-state index in [4.69, 9.17) is 18.3 Å². The molecule has 2 rings (SSSR count). The third kappa shape index (κ3) is 24.9. The molecule has 32 heavy (non-hydrogen) atoms. The molecule has 2 aliphatic rings. The second-order valence-corrected chi connectivity index (χ2v) is 20.5. The first-order valence-electron chi connectivity index (χ1n) is 10.4. The fourth-order valence-electron chi connectivity index (χ4n) is 2.33. The molecule has 0 fully saturated rings. The molecule has 0 aromatic carbocycles. The van der Waals surface area contributed by atoms with Crippen LogP contribution >= 0.6 is 24.8 Å². The Hall–Kier alpha value is 0.247. The van der Waals surface area contributed by atoms with Gasteiger partial charge in [-0.15, -0.1) is 37.7 Å². The second kappa shape index (κ2) is 18.6. The fraction of sp³-hybridized carbons (Fsp3) is 0.609. The maximum absolute atomic E-state index is 5.72. The average Bonchev–Trinajstić information content (AvgIpc) is 3.16. The SMILES string of the molecule is CC(OC1=[C-]CC=C1)O[Si](C)(C)C.CC(OC1=[C-]CC=C1)O[Si](C)(C)C.C[C](C)=[Zr+2].Cl.Cl. The van der Waals surface area contributed by atoms with Crippen LogP contribution in [-0.2, 0) is 42.6 Å². The summed E-state index contributed by atoms with van der Waals surface area (Å²) in [4.78, 5) is 0. The van der Waals surface area contributed by atoms with Crippen LogP contribution < -0.4 is 0 Å². The number of hydrogen-bond donors (Lipinski definition) is 0. The van der Waals surface area contributed by atoms with Gasteiger partial charge in [0.15, 0.2) is 29.2 Å². The van der Waals surface area contributed by atoms with Crippen LogP contribution in [0, 0.1) is 12.2 Å². The largest absolute Gasteiger partial charge is 0.147 e. The third-order valence-electron chi connectivity index (χ3n) is 2.95. The first kappa shape index (κ1) is 36.8. The summed E-state index contributed by atoms with van der Waals surface area (Å²) in [5.74, 6) is 1.62. The third-order valence-corrected chi connectivity index (χ3v) is 5.03. The summed E-state index contributed by atoms with van der Waals surface area (Å²) in [7, 11) is -2.96. The van der Waals surface area contributed by atoms with Crippen molar-refractivity contribution in [2.45, 2.75) is 92.4 Å². The normalized spacial score (nSPS) is 16.0. The van der Waals surface area contributed by atoms with Gasteiger partial charge in [-0.25, -0.2) is 12.2 Å². The van der Waals surface area contributed by atoms with Crippen LogP contribution in [0.5, 0.6) is 0 Å². The van der Waals surface area contributed by atoms with E-state index in [0.717, 1.165) is 24.4 Å². The Kier molecular flexibility index (Phi) is 21.3. The van der Waals surface area contributed by atoms with Crippen molar-refractivity contribution in [2.75, 3.05) is 0 Å². The van der Waals surface area contributed by atoms with Gasteiger partial charge in [0.05, 0.1) is 0 Å². The molecule has 2 atom stereocenters. The maximum Gasteiger partial charge on any atom is -0.147 e. The monoisotopic (exact) mass is 598 g/mol. The fourth-order valence-corrected chi connectivity index (χ4v) is 4.42. The zero-order valence-corrected chi connectivity index (χ0v) is 27.4. The van der Waals surface area contributed by atoms with Gasteiger partial charge in [0.2, 0.25) is 0 Å². The maximum atomic E-state index is 5.72. The first-order valence-corrected chi connectivity index (χ1v) is 18.5. The minimum atomic E-state index is -1.48. The minimum Gasteiger partial charge on any atom is -0.147 e. The Morgan fingerprint density at radius 3 is 1.25 bits per heavy atom. The van der Waals surface area contributed by atoms with Crippen molar-refractivity contribution in [3.63, 3.8) is 0 Å². The van der Waals surface area contributed by atoms with Crippen molar-refractivity contribution in [3.8, 4) is 0 Å². The number of ether oxygens (including phenoxy) is 2. The number of halogens is 2. The Bertz CT molecular complexity index is 597. The van der Waals surface area contributed by atoms with Crippen LogP contribution in [0.15, 0.2) is 35.8 Å². The number of allylic oxidation sites excluding steroid dienone is 6. The summed E-state index contributed by atoms with van der Waals surface area (Å²) < 4.78 is 24.0. The molecule has 0 aromatic heterocycles. The van der Waals surface area contributed by atoms with Gasteiger partial charge in [0.25, 0.3) is 0 Å². The van der Waals surface area contributed by atoms with Gasteiger partial charge in [-0.2, -0.15) is 24.3 Å². The molecule has 0 saturated carbocycles. The van der Waals surface area contributed by atoms with Crippen LogP contribution in [-0.4, -0.2) is 32.4 Å². The first-order chi connectivity index (χ1) is 13.7. The molecule has 4 nitrogen and oxygen atoms in total. The zero-order chi connectivity index (χ0) is 23.4. The Balaban J connectivity index is -0.000000428. The molecule has 0 radical (unpaired) electrons. The van der Waals surface area contributed by atoms with Crippen LogP contribution in [0.2, 0.25) is 39.3 Å². The van der Waals surface area contributed by atoms with Crippen molar-refractivity contribution >= 4 is 44.7 Å². The number of hydrogen-bond acceptors (Lipinski definition) is 4. The van der Waals surface area contributed by atoms with Gasteiger partial charge < -0.3 is 18.3 Å². The van der Waals surface area contributed by atoms with Crippen molar-refractivity contribution < 1.29 is 42.6 Å². The Labute approximate surface area is 226 Å². The van der Waals surface area contributed by atoms with E-state index < -0.39 is 16.6 Å². The van der Waals surface area contributed by atoms with E-state index in [1.165, 1.54) is 3.21 Å². The van der Waals surface area contributed by atoms with Gasteiger partial charge in [-0.1, -0.05) is 0 Å². The smallest absolute Gasteiger partial charge is 0.147 e. The van der Waals surface area contributed by atoms with Crippen LogP contribution in [0.1, 0.15) is 40.5 Å². The predicted octanol–water partition coefficient (Wildman–Crippen LogP) is 7.28. The molecule has 0 aliphatic heterocycles. The molecular formula is C23H42Cl2O4Si2Zr. The topological polar surface area (TPSA) is 36.9 Å². The quantitative estimate of drug-likeness (QED) is 0.167. The summed E-state index contributed by atoms with van der Waals surface area (Å²) in [6, 6.07) is 0. The van der Waals surface area contributed by atoms with E-state index in [2.05, 4.69) is 65.3 Å². The molecule has 0 saturated heterocycles. The van der Waals surface area contributed by atoms with Crippen molar-refractivity contribution in [1.82, 2.24) is 0 Å². The van der Waals surface area contributed by atoms with Crippen LogP contribution in [0.25, 0.3) is 0 Å². The van der Waals surface area contributed by atoms with Crippen molar-refractivity contribution in [2.24, 2.45) is 0 Å². The van der Waals surface area contributed by atoms with E-state index in [-0.39, 0.29) is 37.4 Å². The van der Waals surface area contributed by atoms with E-state index in [1.807, 2.05) is 38.2 Å². The van der Waals surface area contributed by atoms with E-state index >= 15 is 0 Å². The van der Waals surface area contributed by atoms with Crippen LogP contribution in [0.3, 0.4) is 0 Å². The average molecular weight is 601 g/mol. The van der Waals surface area contributed by atoms with Gasteiger partial charge in [0, 0.05) is 0 Å².